The summed E-state index contributed by atoms with van der Waals surface area (Å²) < 4.78 is 0. The lowest BCUT2D eigenvalue weighted by Crippen LogP contribution is -2.23. The fraction of sp³-hybridized carbons (Fsp3) is 0.571. The third-order valence-corrected chi connectivity index (χ3v) is 3.72. The second kappa shape index (κ2) is 4.75. The van der Waals surface area contributed by atoms with E-state index in [2.05, 4.69) is 29.8 Å². The van der Waals surface area contributed by atoms with E-state index in [0.717, 1.165) is 36.0 Å². The van der Waals surface area contributed by atoms with Crippen LogP contribution in [0.2, 0.25) is 0 Å². The number of hydrogen-bond donors (Lipinski definition) is 0. The van der Waals surface area contributed by atoms with Crippen LogP contribution in [0.25, 0.3) is 0 Å². The average molecular weight is 229 g/mol. The molecule has 0 radical (unpaired) electrons. The summed E-state index contributed by atoms with van der Waals surface area (Å²) in [4.78, 5) is 6.65. The Bertz CT molecular complexity index is 445. The van der Waals surface area contributed by atoms with Crippen LogP contribution in [0.4, 0.5) is 5.82 Å². The number of rotatable bonds is 2. The van der Waals surface area contributed by atoms with Gasteiger partial charge in [-0.25, -0.2) is 4.98 Å². The first-order chi connectivity index (χ1) is 8.13. The van der Waals surface area contributed by atoms with Crippen LogP contribution in [0.3, 0.4) is 0 Å². The third kappa shape index (κ3) is 2.26. The van der Waals surface area contributed by atoms with E-state index in [1.54, 1.807) is 6.20 Å². The summed E-state index contributed by atoms with van der Waals surface area (Å²) in [5.41, 5.74) is 1.75. The van der Waals surface area contributed by atoms with E-state index in [4.69, 9.17) is 0 Å². The van der Waals surface area contributed by atoms with Crippen LogP contribution in [-0.4, -0.2) is 18.1 Å². The smallest absolute Gasteiger partial charge is 0.146 e. The van der Waals surface area contributed by atoms with Crippen LogP contribution in [0.5, 0.6) is 0 Å². The zero-order chi connectivity index (χ0) is 12.4. The van der Waals surface area contributed by atoms with Gasteiger partial charge in [-0.1, -0.05) is 13.8 Å². The van der Waals surface area contributed by atoms with Gasteiger partial charge in [0.05, 0.1) is 5.56 Å². The maximum atomic E-state index is 9.22. The fourth-order valence-electron chi connectivity index (χ4n) is 2.45. The lowest BCUT2D eigenvalue weighted by Gasteiger charge is -2.20. The van der Waals surface area contributed by atoms with E-state index in [0.29, 0.717) is 5.92 Å². The highest BCUT2D eigenvalue weighted by Gasteiger charge is 2.27. The quantitative estimate of drug-likeness (QED) is 0.783. The molecule has 0 amide bonds. The van der Waals surface area contributed by atoms with Crippen molar-refractivity contribution in [3.8, 4) is 6.07 Å². The summed E-state index contributed by atoms with van der Waals surface area (Å²) in [5.74, 6) is 2.30. The van der Waals surface area contributed by atoms with Gasteiger partial charge in [0.15, 0.2) is 0 Å². The Kier molecular flexibility index (Phi) is 3.33. The second-order valence-corrected chi connectivity index (χ2v) is 5.18. The Morgan fingerprint density at radius 3 is 2.88 bits per heavy atom. The molecule has 1 fully saturated rings. The van der Waals surface area contributed by atoms with Gasteiger partial charge in [-0.15, -0.1) is 0 Å². The van der Waals surface area contributed by atoms with Gasteiger partial charge < -0.3 is 4.90 Å². The Balaban J connectivity index is 2.25. The van der Waals surface area contributed by atoms with Crippen LogP contribution >= 0.6 is 0 Å². The minimum atomic E-state index is 0.704. The minimum absolute atomic E-state index is 0.704. The number of anilines is 1. The van der Waals surface area contributed by atoms with Crippen LogP contribution in [0, 0.1) is 30.1 Å². The van der Waals surface area contributed by atoms with Crippen molar-refractivity contribution in [2.24, 2.45) is 11.8 Å². The van der Waals surface area contributed by atoms with E-state index >= 15 is 0 Å². The van der Waals surface area contributed by atoms with Crippen molar-refractivity contribution in [1.82, 2.24) is 4.98 Å². The van der Waals surface area contributed by atoms with Crippen molar-refractivity contribution in [1.29, 1.82) is 5.26 Å². The number of nitriles is 1. The van der Waals surface area contributed by atoms with E-state index in [1.165, 1.54) is 6.42 Å². The molecule has 1 aliphatic rings. The predicted molar refractivity (Wildman–Crippen MR) is 68.8 cm³/mol. The van der Waals surface area contributed by atoms with Crippen molar-refractivity contribution >= 4 is 5.82 Å². The van der Waals surface area contributed by atoms with Crippen LogP contribution in [0.15, 0.2) is 12.3 Å². The molecular weight excluding hydrogens is 210 g/mol. The summed E-state index contributed by atoms with van der Waals surface area (Å²) in [6.45, 7) is 8.56. The first kappa shape index (κ1) is 11.9. The summed E-state index contributed by atoms with van der Waals surface area (Å²) in [6, 6.07) is 4.18. The van der Waals surface area contributed by atoms with E-state index < -0.39 is 0 Å². The van der Waals surface area contributed by atoms with E-state index in [-0.39, 0.29) is 0 Å². The normalized spacial score (nSPS) is 19.7. The maximum Gasteiger partial charge on any atom is 0.146 e. The SMILES string of the molecule is Cc1ccnc(N2CCC(C(C)C)C2)c1C#N. The molecular formula is C14H19N3. The van der Waals surface area contributed by atoms with Crippen molar-refractivity contribution in [2.45, 2.75) is 27.2 Å². The van der Waals surface area contributed by atoms with Crippen LogP contribution < -0.4 is 4.90 Å². The molecule has 1 saturated heterocycles. The zero-order valence-corrected chi connectivity index (χ0v) is 10.8. The second-order valence-electron chi connectivity index (χ2n) is 5.18. The molecule has 2 heterocycles. The Hall–Kier alpha value is -1.56. The first-order valence-corrected chi connectivity index (χ1v) is 6.24. The van der Waals surface area contributed by atoms with Crippen molar-refractivity contribution < 1.29 is 0 Å². The predicted octanol–water partition coefficient (Wildman–Crippen LogP) is 2.74. The molecule has 17 heavy (non-hydrogen) atoms. The molecule has 90 valence electrons. The molecule has 0 N–H and O–H groups in total. The molecule has 3 heteroatoms. The highest BCUT2D eigenvalue weighted by atomic mass is 15.2. The molecule has 1 atom stereocenters. The Labute approximate surface area is 103 Å². The number of nitrogens with zero attached hydrogens (tertiary/aromatic N) is 3. The molecule has 0 aromatic carbocycles. The average Bonchev–Trinajstić information content (AvgIpc) is 2.77. The topological polar surface area (TPSA) is 39.9 Å². The number of hydrogen-bond acceptors (Lipinski definition) is 3. The largest absolute Gasteiger partial charge is 0.355 e. The van der Waals surface area contributed by atoms with Gasteiger partial charge >= 0.3 is 0 Å². The summed E-state index contributed by atoms with van der Waals surface area (Å²) in [5, 5.41) is 9.22. The molecule has 0 aliphatic carbocycles. The van der Waals surface area contributed by atoms with Crippen LogP contribution in [0.1, 0.15) is 31.4 Å². The molecule has 1 unspecified atom stereocenters. The monoisotopic (exact) mass is 229 g/mol. The molecule has 0 bridgehead atoms. The van der Waals surface area contributed by atoms with Crippen LogP contribution in [-0.2, 0) is 0 Å². The maximum absolute atomic E-state index is 9.22. The van der Waals surface area contributed by atoms with Crippen molar-refractivity contribution in [3.05, 3.63) is 23.4 Å². The van der Waals surface area contributed by atoms with Crippen molar-refractivity contribution in [2.75, 3.05) is 18.0 Å². The number of pyridine rings is 1. The molecule has 1 aromatic heterocycles. The number of aryl methyl sites for hydroxylation is 1. The first-order valence-electron chi connectivity index (χ1n) is 6.24. The summed E-state index contributed by atoms with van der Waals surface area (Å²) >= 11 is 0. The summed E-state index contributed by atoms with van der Waals surface area (Å²) in [6.07, 6.45) is 3.01. The van der Waals surface area contributed by atoms with Gasteiger partial charge in [-0.3, -0.25) is 0 Å². The van der Waals surface area contributed by atoms with Gasteiger partial charge in [-0.2, -0.15) is 5.26 Å². The zero-order valence-electron chi connectivity index (χ0n) is 10.8. The minimum Gasteiger partial charge on any atom is -0.355 e. The molecule has 1 aromatic rings. The standard InChI is InChI=1S/C14H19N3/c1-10(2)12-5-7-17(9-12)14-13(8-15)11(3)4-6-16-14/h4,6,10,12H,5,7,9H2,1-3H3. The highest BCUT2D eigenvalue weighted by Crippen LogP contribution is 2.29. The molecule has 2 rings (SSSR count). The molecule has 0 saturated carbocycles. The van der Waals surface area contributed by atoms with Gasteiger partial charge in [0.25, 0.3) is 0 Å². The number of aromatic nitrogens is 1. The third-order valence-electron chi connectivity index (χ3n) is 3.72. The van der Waals surface area contributed by atoms with Gasteiger partial charge in [0.2, 0.25) is 0 Å². The highest BCUT2D eigenvalue weighted by molar-refractivity contribution is 5.57. The van der Waals surface area contributed by atoms with Crippen molar-refractivity contribution in [3.63, 3.8) is 0 Å². The van der Waals surface area contributed by atoms with Gasteiger partial charge in [0, 0.05) is 19.3 Å². The van der Waals surface area contributed by atoms with E-state index in [9.17, 15) is 5.26 Å². The molecule has 1 aliphatic heterocycles. The van der Waals surface area contributed by atoms with Gasteiger partial charge in [0.1, 0.15) is 11.9 Å². The lowest BCUT2D eigenvalue weighted by atomic mass is 9.95. The Morgan fingerprint density at radius 2 is 2.29 bits per heavy atom. The lowest BCUT2D eigenvalue weighted by molar-refractivity contribution is 0.422. The fourth-order valence-corrected chi connectivity index (χ4v) is 2.45. The van der Waals surface area contributed by atoms with Gasteiger partial charge in [-0.05, 0) is 36.8 Å². The molecule has 3 nitrogen and oxygen atoms in total. The summed E-state index contributed by atoms with van der Waals surface area (Å²) in [7, 11) is 0. The van der Waals surface area contributed by atoms with E-state index in [1.807, 2.05) is 13.0 Å². The Morgan fingerprint density at radius 1 is 1.53 bits per heavy atom. The molecule has 0 spiro atoms.